The molecular weight excluding hydrogens is 258 g/mol. The zero-order valence-corrected chi connectivity index (χ0v) is 10.6. The van der Waals surface area contributed by atoms with E-state index in [0.29, 0.717) is 10.4 Å². The Morgan fingerprint density at radius 3 is 2.21 bits per heavy atom. The molecule has 0 spiro atoms. The van der Waals surface area contributed by atoms with Crippen molar-refractivity contribution in [1.82, 2.24) is 0 Å². The number of rotatable bonds is 1. The number of nitrogen functional groups attached to an aromatic ring is 2. The second-order valence-corrected chi connectivity index (χ2v) is 4.64. The van der Waals surface area contributed by atoms with E-state index >= 15 is 0 Å². The second kappa shape index (κ2) is 5.21. The van der Waals surface area contributed by atoms with Crippen molar-refractivity contribution in [2.45, 2.75) is 0 Å². The summed E-state index contributed by atoms with van der Waals surface area (Å²) in [5.41, 5.74) is 12.6. The third-order valence-corrected chi connectivity index (χ3v) is 3.33. The van der Waals surface area contributed by atoms with Crippen LogP contribution in [0.1, 0.15) is 11.1 Å². The summed E-state index contributed by atoms with van der Waals surface area (Å²) in [6, 6.07) is 13.0. The van der Waals surface area contributed by atoms with Crippen LogP contribution in [0.2, 0.25) is 0 Å². The van der Waals surface area contributed by atoms with E-state index in [1.807, 2.05) is 30.3 Å². The molecule has 0 radical (unpaired) electrons. The fourth-order valence-corrected chi connectivity index (χ4v) is 2.38. The van der Waals surface area contributed by atoms with Gasteiger partial charge in [-0.15, -0.1) is 0 Å². The predicted octanol–water partition coefficient (Wildman–Crippen LogP) is 1.89. The molecule has 2 rings (SSSR count). The number of hydrogen-bond donors (Lipinski definition) is 2. The first kappa shape index (κ1) is 12.6. The monoisotopic (exact) mass is 267 g/mol. The van der Waals surface area contributed by atoms with E-state index in [9.17, 15) is 0 Å². The highest BCUT2D eigenvalue weighted by molar-refractivity contribution is 7.13. The molecule has 92 valence electrons. The van der Waals surface area contributed by atoms with E-state index in [2.05, 4.69) is 4.99 Å². The molecule has 0 saturated carbocycles. The lowest BCUT2D eigenvalue weighted by Crippen LogP contribution is -2.11. The van der Waals surface area contributed by atoms with Gasteiger partial charge in [0.2, 0.25) is 0 Å². The van der Waals surface area contributed by atoms with Gasteiger partial charge in [-0.1, -0.05) is 29.5 Å². The molecule has 0 unspecified atom stereocenters. The highest BCUT2D eigenvalue weighted by Gasteiger charge is 2.12. The number of anilines is 2. The minimum Gasteiger partial charge on any atom is -0.396 e. The second-order valence-electron chi connectivity index (χ2n) is 3.61. The molecular formula is C13H9N5S. The maximum atomic E-state index is 9.15. The summed E-state index contributed by atoms with van der Waals surface area (Å²) in [7, 11) is 0. The largest absolute Gasteiger partial charge is 0.396 e. The molecule has 0 aliphatic carbocycles. The molecule has 0 amide bonds. The van der Waals surface area contributed by atoms with Crippen LogP contribution in [0.25, 0.3) is 0 Å². The van der Waals surface area contributed by atoms with Gasteiger partial charge in [-0.05, 0) is 12.1 Å². The van der Waals surface area contributed by atoms with Gasteiger partial charge < -0.3 is 11.5 Å². The Hall–Kier alpha value is -2.83. The third-order valence-electron chi connectivity index (χ3n) is 2.42. The summed E-state index contributed by atoms with van der Waals surface area (Å²) in [5.74, 6) is 0. The summed E-state index contributed by atoms with van der Waals surface area (Å²) >= 11 is 1.07. The van der Waals surface area contributed by atoms with Gasteiger partial charge in [-0.2, -0.15) is 10.5 Å². The van der Waals surface area contributed by atoms with Crippen LogP contribution in [-0.4, -0.2) is 0 Å². The van der Waals surface area contributed by atoms with Crippen LogP contribution in [0.3, 0.4) is 0 Å². The first-order valence-corrected chi connectivity index (χ1v) is 6.11. The number of nitriles is 2. The Labute approximate surface area is 113 Å². The van der Waals surface area contributed by atoms with Crippen molar-refractivity contribution in [1.29, 1.82) is 10.5 Å². The number of nitrogens with zero attached hydrogens (tertiary/aromatic N) is 3. The summed E-state index contributed by atoms with van der Waals surface area (Å²) < 4.78 is 0.405. The van der Waals surface area contributed by atoms with Gasteiger partial charge in [0, 0.05) is 0 Å². The lowest BCUT2D eigenvalue weighted by molar-refractivity contribution is 1.36. The molecule has 1 aromatic carbocycles. The van der Waals surface area contributed by atoms with Gasteiger partial charge in [0.1, 0.15) is 32.9 Å². The molecule has 19 heavy (non-hydrogen) atoms. The first-order valence-electron chi connectivity index (χ1n) is 5.29. The number of para-hydroxylation sites is 1. The molecule has 0 atom stereocenters. The zero-order valence-electron chi connectivity index (χ0n) is 9.79. The van der Waals surface area contributed by atoms with Gasteiger partial charge in [0.25, 0.3) is 0 Å². The van der Waals surface area contributed by atoms with Crippen LogP contribution in [0.4, 0.5) is 16.4 Å². The minimum atomic E-state index is 0.0796. The van der Waals surface area contributed by atoms with Crippen molar-refractivity contribution in [2.24, 2.45) is 4.99 Å². The van der Waals surface area contributed by atoms with Crippen molar-refractivity contribution in [3.05, 3.63) is 46.1 Å². The quantitative estimate of drug-likeness (QED) is 0.821. The molecule has 0 aliphatic rings. The summed E-state index contributed by atoms with van der Waals surface area (Å²) in [6.45, 7) is 0. The molecule has 0 bridgehead atoms. The number of hydrogen-bond acceptors (Lipinski definition) is 6. The molecule has 1 heterocycles. The number of nitrogens with two attached hydrogens (primary N) is 2. The molecule has 1 aromatic heterocycles. The van der Waals surface area contributed by atoms with Gasteiger partial charge >= 0.3 is 0 Å². The van der Waals surface area contributed by atoms with Crippen LogP contribution < -0.4 is 16.1 Å². The predicted molar refractivity (Wildman–Crippen MR) is 74.2 cm³/mol. The van der Waals surface area contributed by atoms with Gasteiger partial charge in [-0.25, -0.2) is 4.99 Å². The zero-order chi connectivity index (χ0) is 13.8. The van der Waals surface area contributed by atoms with Crippen molar-refractivity contribution in [2.75, 3.05) is 11.5 Å². The summed E-state index contributed by atoms with van der Waals surface area (Å²) in [4.78, 5) is 4.34. The Balaban J connectivity index is 2.77. The lowest BCUT2D eigenvalue weighted by atomic mass is 10.2. The Bertz CT molecular complexity index is 763. The highest BCUT2D eigenvalue weighted by atomic mass is 32.1. The molecule has 6 heteroatoms. The Kier molecular flexibility index (Phi) is 3.46. The van der Waals surface area contributed by atoms with E-state index < -0.39 is 0 Å². The maximum absolute atomic E-state index is 9.15. The normalized spacial score (nSPS) is 10.7. The van der Waals surface area contributed by atoms with Crippen LogP contribution in [0.5, 0.6) is 0 Å². The van der Waals surface area contributed by atoms with Crippen molar-refractivity contribution in [3.63, 3.8) is 0 Å². The van der Waals surface area contributed by atoms with E-state index in [4.69, 9.17) is 22.0 Å². The Morgan fingerprint density at radius 2 is 1.63 bits per heavy atom. The average Bonchev–Trinajstić information content (AvgIpc) is 2.40. The van der Waals surface area contributed by atoms with Crippen LogP contribution in [0.15, 0.2) is 35.3 Å². The maximum Gasteiger partial charge on any atom is 0.138 e. The van der Waals surface area contributed by atoms with Crippen LogP contribution in [-0.2, 0) is 0 Å². The fraction of sp³-hybridized carbons (Fsp3) is 0. The molecule has 0 saturated heterocycles. The minimum absolute atomic E-state index is 0.0796. The van der Waals surface area contributed by atoms with E-state index in [0.717, 1.165) is 11.3 Å². The SMILES string of the molecule is N#Cc1c(N)sc(=Nc2ccccc2)c(C#N)c1N. The van der Waals surface area contributed by atoms with E-state index in [1.54, 1.807) is 12.1 Å². The first-order chi connectivity index (χ1) is 9.17. The molecule has 4 N–H and O–H groups in total. The van der Waals surface area contributed by atoms with Crippen molar-refractivity contribution < 1.29 is 0 Å². The standard InChI is InChI=1S/C13H9N5S/c14-6-9-11(16)10(7-15)13(19-12(9)17)18-8-4-2-1-3-5-8/h1-5H,16-17H2. The Morgan fingerprint density at radius 1 is 1.00 bits per heavy atom. The van der Waals surface area contributed by atoms with E-state index in [1.165, 1.54) is 0 Å². The molecule has 2 aromatic rings. The average molecular weight is 267 g/mol. The van der Waals surface area contributed by atoms with Crippen LogP contribution in [0, 0.1) is 22.7 Å². The summed E-state index contributed by atoms with van der Waals surface area (Å²) in [6.07, 6.45) is 0. The highest BCUT2D eigenvalue weighted by Crippen LogP contribution is 2.23. The molecule has 0 fully saturated rings. The third kappa shape index (κ3) is 2.39. The summed E-state index contributed by atoms with van der Waals surface area (Å²) in [5, 5.41) is 18.4. The van der Waals surface area contributed by atoms with E-state index in [-0.39, 0.29) is 21.8 Å². The fourth-order valence-electron chi connectivity index (χ4n) is 1.50. The molecule has 0 aliphatic heterocycles. The number of benzene rings is 1. The molecule has 5 nitrogen and oxygen atoms in total. The van der Waals surface area contributed by atoms with Gasteiger partial charge in [-0.3, -0.25) is 0 Å². The topological polar surface area (TPSA) is 112 Å². The smallest absolute Gasteiger partial charge is 0.138 e. The van der Waals surface area contributed by atoms with Gasteiger partial charge in [0.05, 0.1) is 11.4 Å². The van der Waals surface area contributed by atoms with Crippen molar-refractivity contribution in [3.8, 4) is 12.1 Å². The van der Waals surface area contributed by atoms with Crippen LogP contribution >= 0.6 is 11.3 Å². The van der Waals surface area contributed by atoms with Crippen molar-refractivity contribution >= 4 is 27.7 Å². The lowest BCUT2D eigenvalue weighted by Gasteiger charge is -2.03. The van der Waals surface area contributed by atoms with Gasteiger partial charge in [0.15, 0.2) is 0 Å².